The number of amides is 1. The second-order valence-corrected chi connectivity index (χ2v) is 5.93. The Morgan fingerprint density at radius 3 is 2.55 bits per heavy atom. The number of carbonyl (C=O) groups is 1. The van der Waals surface area contributed by atoms with Crippen LogP contribution in [0.5, 0.6) is 0 Å². The van der Waals surface area contributed by atoms with E-state index >= 15 is 0 Å². The number of imidazole rings is 1. The summed E-state index contributed by atoms with van der Waals surface area (Å²) in [5.74, 6) is 1.09. The molecule has 2 rings (SSSR count). The molecule has 22 heavy (non-hydrogen) atoms. The molecule has 0 saturated heterocycles. The predicted molar refractivity (Wildman–Crippen MR) is 88.5 cm³/mol. The Morgan fingerprint density at radius 1 is 1.27 bits per heavy atom. The van der Waals surface area contributed by atoms with Crippen LogP contribution in [-0.4, -0.2) is 26.4 Å². The molecule has 0 spiro atoms. The quantitative estimate of drug-likeness (QED) is 0.820. The molecule has 1 aromatic carbocycles. The molecule has 0 saturated carbocycles. The van der Waals surface area contributed by atoms with Crippen LogP contribution in [0.1, 0.15) is 44.1 Å². The molecule has 0 N–H and O–H groups in total. The number of aromatic nitrogens is 2. The SMILES string of the molecule is CCC(=O)N(Cc1nccn1Cc1ccc(C)cc1)C(C)C. The summed E-state index contributed by atoms with van der Waals surface area (Å²) >= 11 is 0. The van der Waals surface area contributed by atoms with E-state index in [2.05, 4.69) is 40.7 Å². The molecule has 1 amide bonds. The zero-order valence-corrected chi connectivity index (χ0v) is 13.9. The van der Waals surface area contributed by atoms with Crippen LogP contribution in [0.4, 0.5) is 0 Å². The van der Waals surface area contributed by atoms with Crippen LogP contribution in [0.15, 0.2) is 36.7 Å². The summed E-state index contributed by atoms with van der Waals surface area (Å²) < 4.78 is 2.11. The van der Waals surface area contributed by atoms with Gasteiger partial charge in [-0.3, -0.25) is 4.79 Å². The molecule has 0 radical (unpaired) electrons. The minimum Gasteiger partial charge on any atom is -0.333 e. The van der Waals surface area contributed by atoms with E-state index in [9.17, 15) is 4.79 Å². The molecule has 0 bridgehead atoms. The molecule has 4 nitrogen and oxygen atoms in total. The van der Waals surface area contributed by atoms with Crippen molar-refractivity contribution in [3.05, 3.63) is 53.6 Å². The van der Waals surface area contributed by atoms with Gasteiger partial charge in [0.1, 0.15) is 5.82 Å². The van der Waals surface area contributed by atoms with E-state index in [-0.39, 0.29) is 11.9 Å². The smallest absolute Gasteiger partial charge is 0.222 e. The first-order valence-electron chi connectivity index (χ1n) is 7.86. The van der Waals surface area contributed by atoms with Crippen molar-refractivity contribution >= 4 is 5.91 Å². The van der Waals surface area contributed by atoms with Crippen LogP contribution in [0.2, 0.25) is 0 Å². The van der Waals surface area contributed by atoms with Crippen molar-refractivity contribution in [2.45, 2.75) is 53.2 Å². The summed E-state index contributed by atoms with van der Waals surface area (Å²) in [4.78, 5) is 18.4. The molecule has 1 aromatic heterocycles. The van der Waals surface area contributed by atoms with E-state index in [1.54, 1.807) is 6.20 Å². The highest BCUT2D eigenvalue weighted by molar-refractivity contribution is 5.76. The molecule has 0 fully saturated rings. The molecule has 0 unspecified atom stereocenters. The molecular weight excluding hydrogens is 274 g/mol. The van der Waals surface area contributed by atoms with Gasteiger partial charge in [-0.2, -0.15) is 0 Å². The average Bonchev–Trinajstić information content (AvgIpc) is 2.93. The molecule has 4 heteroatoms. The van der Waals surface area contributed by atoms with Crippen molar-refractivity contribution in [1.82, 2.24) is 14.5 Å². The van der Waals surface area contributed by atoms with Crippen molar-refractivity contribution in [3.8, 4) is 0 Å². The highest BCUT2D eigenvalue weighted by atomic mass is 16.2. The molecule has 0 aliphatic heterocycles. The molecule has 1 heterocycles. The first kappa shape index (κ1) is 16.3. The van der Waals surface area contributed by atoms with E-state index in [1.807, 2.05) is 31.9 Å². The molecule has 118 valence electrons. The van der Waals surface area contributed by atoms with Gasteiger partial charge in [0.15, 0.2) is 0 Å². The van der Waals surface area contributed by atoms with Crippen molar-refractivity contribution in [3.63, 3.8) is 0 Å². The highest BCUT2D eigenvalue weighted by Crippen LogP contribution is 2.12. The number of hydrogen-bond acceptors (Lipinski definition) is 2. The Morgan fingerprint density at radius 2 is 1.95 bits per heavy atom. The third-order valence-corrected chi connectivity index (χ3v) is 3.83. The monoisotopic (exact) mass is 299 g/mol. The van der Waals surface area contributed by atoms with Crippen molar-refractivity contribution < 1.29 is 4.79 Å². The molecule has 0 atom stereocenters. The minimum absolute atomic E-state index is 0.167. The van der Waals surface area contributed by atoms with Gasteiger partial charge in [0.05, 0.1) is 6.54 Å². The number of nitrogens with zero attached hydrogens (tertiary/aromatic N) is 3. The fraction of sp³-hybridized carbons (Fsp3) is 0.444. The number of carbonyl (C=O) groups excluding carboxylic acids is 1. The van der Waals surface area contributed by atoms with Gasteiger partial charge in [-0.25, -0.2) is 4.98 Å². The standard InChI is InChI=1S/C18H25N3O/c1-5-18(22)21(14(2)3)13-17-19-10-11-20(17)12-16-8-6-15(4)7-9-16/h6-11,14H,5,12-13H2,1-4H3. The fourth-order valence-electron chi connectivity index (χ4n) is 2.44. The summed E-state index contributed by atoms with van der Waals surface area (Å²) in [6.07, 6.45) is 4.30. The zero-order chi connectivity index (χ0) is 16.1. The van der Waals surface area contributed by atoms with Crippen LogP contribution in [0.25, 0.3) is 0 Å². The number of hydrogen-bond donors (Lipinski definition) is 0. The second kappa shape index (κ2) is 7.25. The van der Waals surface area contributed by atoms with Crippen molar-refractivity contribution in [2.24, 2.45) is 0 Å². The van der Waals surface area contributed by atoms with Gasteiger partial charge in [-0.05, 0) is 26.3 Å². The summed E-state index contributed by atoms with van der Waals surface area (Å²) in [7, 11) is 0. The van der Waals surface area contributed by atoms with Gasteiger partial charge in [-0.15, -0.1) is 0 Å². The first-order chi connectivity index (χ1) is 10.5. The maximum absolute atomic E-state index is 12.1. The van der Waals surface area contributed by atoms with Gasteiger partial charge in [0.25, 0.3) is 0 Å². The van der Waals surface area contributed by atoms with Crippen molar-refractivity contribution in [2.75, 3.05) is 0 Å². The van der Waals surface area contributed by atoms with E-state index in [0.29, 0.717) is 13.0 Å². The average molecular weight is 299 g/mol. The summed E-state index contributed by atoms with van der Waals surface area (Å²) in [6.45, 7) is 9.41. The number of rotatable bonds is 6. The third kappa shape index (κ3) is 3.97. The van der Waals surface area contributed by atoms with Gasteiger partial charge in [0.2, 0.25) is 5.91 Å². The third-order valence-electron chi connectivity index (χ3n) is 3.83. The normalized spacial score (nSPS) is 11.0. The Kier molecular flexibility index (Phi) is 5.36. The van der Waals surface area contributed by atoms with Crippen LogP contribution in [0.3, 0.4) is 0 Å². The van der Waals surface area contributed by atoms with Crippen LogP contribution in [-0.2, 0) is 17.9 Å². The topological polar surface area (TPSA) is 38.1 Å². The Balaban J connectivity index is 2.14. The maximum atomic E-state index is 12.1. The number of aryl methyl sites for hydroxylation is 1. The molecular formula is C18H25N3O. The predicted octanol–water partition coefficient (Wildman–Crippen LogP) is 3.39. The fourth-order valence-corrected chi connectivity index (χ4v) is 2.44. The lowest BCUT2D eigenvalue weighted by atomic mass is 10.1. The second-order valence-electron chi connectivity index (χ2n) is 5.93. The first-order valence-corrected chi connectivity index (χ1v) is 7.86. The summed E-state index contributed by atoms with van der Waals surface area (Å²) in [5, 5.41) is 0. The van der Waals surface area contributed by atoms with E-state index < -0.39 is 0 Å². The van der Waals surface area contributed by atoms with Gasteiger partial charge in [-0.1, -0.05) is 36.8 Å². The van der Waals surface area contributed by atoms with E-state index in [4.69, 9.17) is 0 Å². The maximum Gasteiger partial charge on any atom is 0.222 e. The minimum atomic E-state index is 0.167. The van der Waals surface area contributed by atoms with Crippen LogP contribution < -0.4 is 0 Å². The summed E-state index contributed by atoms with van der Waals surface area (Å²) in [6, 6.07) is 8.68. The lowest BCUT2D eigenvalue weighted by Crippen LogP contribution is -2.36. The van der Waals surface area contributed by atoms with Crippen LogP contribution >= 0.6 is 0 Å². The van der Waals surface area contributed by atoms with Gasteiger partial charge < -0.3 is 9.47 Å². The van der Waals surface area contributed by atoms with E-state index in [0.717, 1.165) is 12.4 Å². The zero-order valence-electron chi connectivity index (χ0n) is 13.9. The van der Waals surface area contributed by atoms with Crippen molar-refractivity contribution in [1.29, 1.82) is 0 Å². The lowest BCUT2D eigenvalue weighted by Gasteiger charge is -2.26. The molecule has 0 aliphatic carbocycles. The van der Waals surface area contributed by atoms with Gasteiger partial charge >= 0.3 is 0 Å². The molecule has 2 aromatic rings. The lowest BCUT2D eigenvalue weighted by molar-refractivity contribution is -0.133. The van der Waals surface area contributed by atoms with Crippen LogP contribution in [0, 0.1) is 6.92 Å². The van der Waals surface area contributed by atoms with Gasteiger partial charge in [0, 0.05) is 31.4 Å². The largest absolute Gasteiger partial charge is 0.333 e. The Bertz CT molecular complexity index is 614. The summed E-state index contributed by atoms with van der Waals surface area (Å²) in [5.41, 5.74) is 2.50. The highest BCUT2D eigenvalue weighted by Gasteiger charge is 2.17. The van der Waals surface area contributed by atoms with E-state index in [1.165, 1.54) is 11.1 Å². The number of benzene rings is 1. The molecule has 0 aliphatic rings. The Labute approximate surface area is 132 Å². The Hall–Kier alpha value is -2.10.